The number of aliphatic hydroxyl groups is 1. The SMILES string of the molecule is CC1CN(CCC(O)c2ccc(Cl)cc2)CC1N(C)C. The molecule has 1 aliphatic heterocycles. The van der Waals surface area contributed by atoms with Crippen molar-refractivity contribution in [3.05, 3.63) is 34.9 Å². The minimum Gasteiger partial charge on any atom is -0.388 e. The summed E-state index contributed by atoms with van der Waals surface area (Å²) in [5.74, 6) is 0.692. The molecule has 0 aromatic heterocycles. The van der Waals surface area contributed by atoms with Crippen LogP contribution in [-0.4, -0.2) is 54.7 Å². The topological polar surface area (TPSA) is 26.7 Å². The van der Waals surface area contributed by atoms with Crippen LogP contribution < -0.4 is 0 Å². The zero-order valence-electron chi connectivity index (χ0n) is 12.6. The van der Waals surface area contributed by atoms with Gasteiger partial charge in [0, 0.05) is 30.7 Å². The minimum absolute atomic E-state index is 0.402. The Hall–Kier alpha value is -0.610. The van der Waals surface area contributed by atoms with E-state index in [2.05, 4.69) is 30.8 Å². The molecular weight excluding hydrogens is 272 g/mol. The molecule has 1 N–H and O–H groups in total. The van der Waals surface area contributed by atoms with Crippen LogP contribution in [0.1, 0.15) is 25.0 Å². The van der Waals surface area contributed by atoms with Crippen molar-refractivity contribution in [2.45, 2.75) is 25.5 Å². The molecule has 0 saturated carbocycles. The van der Waals surface area contributed by atoms with Crippen LogP contribution in [0.3, 0.4) is 0 Å². The first kappa shape index (κ1) is 15.8. The van der Waals surface area contributed by atoms with Crippen LogP contribution >= 0.6 is 11.6 Å². The number of nitrogens with zero attached hydrogens (tertiary/aromatic N) is 2. The van der Waals surface area contributed by atoms with Crippen molar-refractivity contribution >= 4 is 11.6 Å². The molecule has 1 heterocycles. The highest BCUT2D eigenvalue weighted by Gasteiger charge is 2.30. The standard InChI is InChI=1S/C16H25ClN2O/c1-12-10-19(11-15(12)18(2)3)9-8-16(20)13-4-6-14(17)7-5-13/h4-7,12,15-16,20H,8-11H2,1-3H3. The molecule has 1 aromatic carbocycles. The van der Waals surface area contributed by atoms with Gasteiger partial charge in [-0.2, -0.15) is 0 Å². The van der Waals surface area contributed by atoms with E-state index in [1.165, 1.54) is 0 Å². The molecule has 1 aliphatic rings. The van der Waals surface area contributed by atoms with E-state index in [1.54, 1.807) is 0 Å². The Bertz CT molecular complexity index is 421. The Kier molecular flexibility index (Phi) is 5.44. The van der Waals surface area contributed by atoms with Crippen molar-refractivity contribution in [1.29, 1.82) is 0 Å². The van der Waals surface area contributed by atoms with Gasteiger partial charge in [0.25, 0.3) is 0 Å². The summed E-state index contributed by atoms with van der Waals surface area (Å²) >= 11 is 5.86. The Morgan fingerprint density at radius 2 is 1.95 bits per heavy atom. The number of aliphatic hydroxyl groups excluding tert-OH is 1. The molecule has 3 atom stereocenters. The van der Waals surface area contributed by atoms with E-state index in [9.17, 15) is 5.11 Å². The lowest BCUT2D eigenvalue weighted by Gasteiger charge is -2.23. The fraction of sp³-hybridized carbons (Fsp3) is 0.625. The van der Waals surface area contributed by atoms with Gasteiger partial charge in [-0.05, 0) is 44.1 Å². The van der Waals surface area contributed by atoms with E-state index in [-0.39, 0.29) is 0 Å². The number of benzene rings is 1. The van der Waals surface area contributed by atoms with Crippen LogP contribution in [-0.2, 0) is 0 Å². The average Bonchev–Trinajstić information content (AvgIpc) is 2.78. The Balaban J connectivity index is 1.82. The van der Waals surface area contributed by atoms with Gasteiger partial charge in [-0.15, -0.1) is 0 Å². The second-order valence-corrected chi connectivity index (χ2v) is 6.56. The number of hydrogen-bond acceptors (Lipinski definition) is 3. The number of likely N-dealkylation sites (tertiary alicyclic amines) is 1. The minimum atomic E-state index is -0.402. The average molecular weight is 297 g/mol. The second-order valence-electron chi connectivity index (χ2n) is 6.12. The summed E-state index contributed by atoms with van der Waals surface area (Å²) in [6, 6.07) is 8.10. The Labute approximate surface area is 127 Å². The largest absolute Gasteiger partial charge is 0.388 e. The summed E-state index contributed by atoms with van der Waals surface area (Å²) in [4.78, 5) is 4.76. The predicted octanol–water partition coefficient (Wildman–Crippen LogP) is 2.65. The molecular formula is C16H25ClN2O. The first-order valence-corrected chi connectivity index (χ1v) is 7.67. The van der Waals surface area contributed by atoms with Crippen LogP contribution in [0.15, 0.2) is 24.3 Å². The zero-order chi connectivity index (χ0) is 14.7. The van der Waals surface area contributed by atoms with Crippen LogP contribution in [0.4, 0.5) is 0 Å². The molecule has 1 saturated heterocycles. The van der Waals surface area contributed by atoms with Gasteiger partial charge in [-0.1, -0.05) is 30.7 Å². The molecule has 3 nitrogen and oxygen atoms in total. The van der Waals surface area contributed by atoms with Crippen molar-refractivity contribution in [3.8, 4) is 0 Å². The second kappa shape index (κ2) is 6.90. The fourth-order valence-electron chi connectivity index (χ4n) is 3.06. The molecule has 0 aliphatic carbocycles. The maximum atomic E-state index is 10.2. The fourth-order valence-corrected chi connectivity index (χ4v) is 3.19. The van der Waals surface area contributed by atoms with E-state index in [1.807, 2.05) is 24.3 Å². The quantitative estimate of drug-likeness (QED) is 0.905. The zero-order valence-corrected chi connectivity index (χ0v) is 13.3. The molecule has 0 radical (unpaired) electrons. The van der Waals surface area contributed by atoms with Gasteiger partial charge in [0.1, 0.15) is 0 Å². The molecule has 0 bridgehead atoms. The van der Waals surface area contributed by atoms with Gasteiger partial charge in [-0.3, -0.25) is 0 Å². The first-order chi connectivity index (χ1) is 9.47. The molecule has 2 rings (SSSR count). The molecule has 0 amide bonds. The lowest BCUT2D eigenvalue weighted by atomic mass is 10.1. The summed E-state index contributed by atoms with van der Waals surface area (Å²) in [5, 5.41) is 10.9. The Morgan fingerprint density at radius 3 is 2.50 bits per heavy atom. The molecule has 3 unspecified atom stereocenters. The van der Waals surface area contributed by atoms with Gasteiger partial charge in [-0.25, -0.2) is 0 Å². The van der Waals surface area contributed by atoms with Crippen molar-refractivity contribution in [2.24, 2.45) is 5.92 Å². The summed E-state index contributed by atoms with van der Waals surface area (Å²) in [6.07, 6.45) is 0.370. The molecule has 0 spiro atoms. The first-order valence-electron chi connectivity index (χ1n) is 7.29. The van der Waals surface area contributed by atoms with E-state index in [4.69, 9.17) is 11.6 Å². The third-order valence-electron chi connectivity index (χ3n) is 4.29. The third kappa shape index (κ3) is 3.95. The van der Waals surface area contributed by atoms with E-state index >= 15 is 0 Å². The van der Waals surface area contributed by atoms with E-state index in [0.717, 1.165) is 31.6 Å². The van der Waals surface area contributed by atoms with Gasteiger partial charge >= 0.3 is 0 Å². The van der Waals surface area contributed by atoms with E-state index in [0.29, 0.717) is 17.0 Å². The molecule has 112 valence electrons. The number of hydrogen-bond donors (Lipinski definition) is 1. The molecule has 1 fully saturated rings. The van der Waals surface area contributed by atoms with Crippen molar-refractivity contribution in [1.82, 2.24) is 9.80 Å². The molecule has 4 heteroatoms. The van der Waals surface area contributed by atoms with Gasteiger partial charge in [0.05, 0.1) is 6.10 Å². The number of likely N-dealkylation sites (N-methyl/N-ethyl adjacent to an activating group) is 1. The van der Waals surface area contributed by atoms with Crippen molar-refractivity contribution in [2.75, 3.05) is 33.7 Å². The maximum Gasteiger partial charge on any atom is 0.0802 e. The summed E-state index contributed by atoms with van der Waals surface area (Å²) in [7, 11) is 4.29. The van der Waals surface area contributed by atoms with Crippen LogP contribution in [0.25, 0.3) is 0 Å². The summed E-state index contributed by atoms with van der Waals surface area (Å²) in [5.41, 5.74) is 0.950. The lowest BCUT2D eigenvalue weighted by molar-refractivity contribution is 0.146. The van der Waals surface area contributed by atoms with Gasteiger partial charge in [0.15, 0.2) is 0 Å². The molecule has 1 aromatic rings. The Morgan fingerprint density at radius 1 is 1.30 bits per heavy atom. The van der Waals surface area contributed by atoms with Crippen molar-refractivity contribution in [3.63, 3.8) is 0 Å². The smallest absolute Gasteiger partial charge is 0.0802 e. The molecule has 20 heavy (non-hydrogen) atoms. The van der Waals surface area contributed by atoms with Crippen molar-refractivity contribution < 1.29 is 5.11 Å². The van der Waals surface area contributed by atoms with Crippen LogP contribution in [0, 0.1) is 5.92 Å². The van der Waals surface area contributed by atoms with E-state index < -0.39 is 6.10 Å². The maximum absolute atomic E-state index is 10.2. The normalized spacial score (nSPS) is 25.3. The number of halogens is 1. The van der Waals surface area contributed by atoms with Gasteiger partial charge < -0.3 is 14.9 Å². The highest BCUT2D eigenvalue weighted by molar-refractivity contribution is 6.30. The third-order valence-corrected chi connectivity index (χ3v) is 4.54. The lowest BCUT2D eigenvalue weighted by Crippen LogP contribution is -2.34. The van der Waals surface area contributed by atoms with Gasteiger partial charge in [0.2, 0.25) is 0 Å². The number of rotatable bonds is 5. The highest BCUT2D eigenvalue weighted by atomic mass is 35.5. The van der Waals surface area contributed by atoms with Crippen LogP contribution in [0.5, 0.6) is 0 Å². The predicted molar refractivity (Wildman–Crippen MR) is 84.1 cm³/mol. The summed E-state index contributed by atoms with van der Waals surface area (Å²) in [6.45, 7) is 5.47. The monoisotopic (exact) mass is 296 g/mol. The summed E-state index contributed by atoms with van der Waals surface area (Å²) < 4.78 is 0. The van der Waals surface area contributed by atoms with Crippen LogP contribution in [0.2, 0.25) is 5.02 Å². The highest BCUT2D eigenvalue weighted by Crippen LogP contribution is 2.23.